The van der Waals surface area contributed by atoms with Crippen molar-refractivity contribution < 1.29 is 9.18 Å². The van der Waals surface area contributed by atoms with Gasteiger partial charge >= 0.3 is 0 Å². The van der Waals surface area contributed by atoms with E-state index in [9.17, 15) is 14.0 Å². The highest BCUT2D eigenvalue weighted by atomic mass is 32.2. The van der Waals surface area contributed by atoms with E-state index in [1.807, 2.05) is 31.4 Å². The molecule has 0 fully saturated rings. The van der Waals surface area contributed by atoms with Gasteiger partial charge in [-0.1, -0.05) is 36.0 Å². The Morgan fingerprint density at radius 3 is 2.61 bits per heavy atom. The van der Waals surface area contributed by atoms with Crippen LogP contribution in [0.25, 0.3) is 10.9 Å². The molecule has 0 aliphatic heterocycles. The van der Waals surface area contributed by atoms with Crippen LogP contribution in [0.1, 0.15) is 54.1 Å². The highest BCUT2D eigenvalue weighted by molar-refractivity contribution is 7.99. The number of amides is 1. The number of nitrogens with one attached hydrogen (secondary N) is 2. The Balaban J connectivity index is 1.54. The second kappa shape index (κ2) is 9.53. The number of hydrogen-bond acceptors (Lipinski definition) is 6. The highest BCUT2D eigenvalue weighted by Crippen LogP contribution is 2.33. The van der Waals surface area contributed by atoms with Gasteiger partial charge in [0.05, 0.1) is 28.3 Å². The van der Waals surface area contributed by atoms with E-state index in [0.29, 0.717) is 27.7 Å². The smallest absolute Gasteiger partial charge is 0.258 e. The number of thioether (sulfide) groups is 1. The summed E-state index contributed by atoms with van der Waals surface area (Å²) in [4.78, 5) is 32.2. The van der Waals surface area contributed by atoms with Crippen LogP contribution < -0.4 is 10.9 Å². The number of aromatic nitrogens is 5. The van der Waals surface area contributed by atoms with Crippen molar-refractivity contribution in [3.63, 3.8) is 0 Å². The third-order valence-corrected chi connectivity index (χ3v) is 6.14. The zero-order valence-electron chi connectivity index (χ0n) is 18.4. The number of halogens is 1. The van der Waals surface area contributed by atoms with Crippen LogP contribution in [0.15, 0.2) is 58.5 Å². The summed E-state index contributed by atoms with van der Waals surface area (Å²) in [6.07, 6.45) is 0. The molecule has 0 saturated heterocycles. The lowest BCUT2D eigenvalue weighted by atomic mass is 10.2. The third-order valence-electron chi connectivity index (χ3n) is 5.08. The van der Waals surface area contributed by atoms with E-state index in [0.717, 1.165) is 0 Å². The summed E-state index contributed by atoms with van der Waals surface area (Å²) in [5, 5.41) is 12.2. The van der Waals surface area contributed by atoms with E-state index < -0.39 is 11.7 Å². The Hall–Kier alpha value is -3.53. The van der Waals surface area contributed by atoms with Gasteiger partial charge in [0.25, 0.3) is 11.5 Å². The summed E-state index contributed by atoms with van der Waals surface area (Å²) < 4.78 is 15.8. The average molecular weight is 467 g/mol. The fraction of sp³-hybridized carbons (Fsp3) is 0.261. The molecule has 0 aliphatic rings. The quantitative estimate of drug-likeness (QED) is 0.399. The van der Waals surface area contributed by atoms with Crippen molar-refractivity contribution in [2.45, 2.75) is 43.8 Å². The van der Waals surface area contributed by atoms with Crippen LogP contribution in [0.4, 0.5) is 4.39 Å². The number of rotatable bonds is 7. The first kappa shape index (κ1) is 22.7. The molecule has 170 valence electrons. The molecule has 10 heteroatoms. The number of carbonyl (C=O) groups excluding carboxylic acids is 1. The third kappa shape index (κ3) is 4.80. The van der Waals surface area contributed by atoms with Crippen molar-refractivity contribution in [3.8, 4) is 0 Å². The molecule has 2 aromatic heterocycles. The molecule has 0 bridgehead atoms. The minimum Gasteiger partial charge on any atom is -0.345 e. The lowest BCUT2D eigenvalue weighted by Gasteiger charge is -2.16. The molecular weight excluding hydrogens is 443 g/mol. The summed E-state index contributed by atoms with van der Waals surface area (Å²) in [6.45, 7) is 5.99. The van der Waals surface area contributed by atoms with E-state index in [1.165, 1.54) is 30.0 Å². The molecule has 0 unspecified atom stereocenters. The zero-order chi connectivity index (χ0) is 23.5. The van der Waals surface area contributed by atoms with Crippen LogP contribution in [-0.2, 0) is 6.54 Å². The molecule has 0 aliphatic carbocycles. The number of fused-ring (bicyclic) bond motifs is 1. The molecular formula is C23H23FN6O2S. The monoisotopic (exact) mass is 466 g/mol. The Bertz CT molecular complexity index is 1370. The van der Waals surface area contributed by atoms with E-state index in [4.69, 9.17) is 0 Å². The predicted octanol–water partition coefficient (Wildman–Crippen LogP) is 4.02. The van der Waals surface area contributed by atoms with Crippen molar-refractivity contribution in [1.82, 2.24) is 30.0 Å². The van der Waals surface area contributed by atoms with Crippen molar-refractivity contribution in [3.05, 3.63) is 81.9 Å². The lowest BCUT2D eigenvalue weighted by molar-refractivity contribution is 0.0945. The van der Waals surface area contributed by atoms with Gasteiger partial charge in [-0.25, -0.2) is 9.37 Å². The SMILES string of the molecule is CC(C)n1c(CNC(=O)c2ccccc2F)nnc1S[C@@H](C)c1nc2ccccc2c(=O)[nH]1. The first-order chi connectivity index (χ1) is 15.8. The maximum atomic E-state index is 13.9. The normalized spacial score (nSPS) is 12.3. The molecule has 1 amide bonds. The second-order valence-electron chi connectivity index (χ2n) is 7.75. The topological polar surface area (TPSA) is 106 Å². The fourth-order valence-corrected chi connectivity index (χ4v) is 4.50. The number of aromatic amines is 1. The van der Waals surface area contributed by atoms with Gasteiger partial charge in [0, 0.05) is 6.04 Å². The van der Waals surface area contributed by atoms with Gasteiger partial charge in [0.2, 0.25) is 0 Å². The van der Waals surface area contributed by atoms with Crippen molar-refractivity contribution >= 4 is 28.6 Å². The molecule has 0 spiro atoms. The van der Waals surface area contributed by atoms with Crippen LogP contribution in [0, 0.1) is 5.82 Å². The fourth-order valence-electron chi connectivity index (χ4n) is 3.44. The minimum absolute atomic E-state index is 0.0127. The average Bonchev–Trinajstić information content (AvgIpc) is 3.20. The first-order valence-electron chi connectivity index (χ1n) is 10.5. The molecule has 1 atom stereocenters. The van der Waals surface area contributed by atoms with Crippen molar-refractivity contribution in [1.29, 1.82) is 0 Å². The van der Waals surface area contributed by atoms with E-state index in [1.54, 1.807) is 24.3 Å². The Morgan fingerprint density at radius 1 is 1.12 bits per heavy atom. The summed E-state index contributed by atoms with van der Waals surface area (Å²) in [5.74, 6) is -0.0186. The maximum absolute atomic E-state index is 13.9. The lowest BCUT2D eigenvalue weighted by Crippen LogP contribution is -2.26. The zero-order valence-corrected chi connectivity index (χ0v) is 19.2. The van der Waals surface area contributed by atoms with Gasteiger partial charge in [0.15, 0.2) is 11.0 Å². The maximum Gasteiger partial charge on any atom is 0.258 e. The molecule has 4 rings (SSSR count). The second-order valence-corrected chi connectivity index (χ2v) is 9.06. The number of nitrogens with zero attached hydrogens (tertiary/aromatic N) is 4. The summed E-state index contributed by atoms with van der Waals surface area (Å²) in [7, 11) is 0. The van der Waals surface area contributed by atoms with Gasteiger partial charge in [-0.05, 0) is 45.0 Å². The number of H-pyrrole nitrogens is 1. The Kier molecular flexibility index (Phi) is 6.55. The van der Waals surface area contributed by atoms with Crippen LogP contribution >= 0.6 is 11.8 Å². The van der Waals surface area contributed by atoms with Crippen LogP contribution in [-0.4, -0.2) is 30.6 Å². The van der Waals surface area contributed by atoms with Crippen LogP contribution in [0.5, 0.6) is 0 Å². The van der Waals surface area contributed by atoms with Gasteiger partial charge in [-0.3, -0.25) is 9.59 Å². The Morgan fingerprint density at radius 2 is 1.85 bits per heavy atom. The van der Waals surface area contributed by atoms with Crippen LogP contribution in [0.3, 0.4) is 0 Å². The van der Waals surface area contributed by atoms with Gasteiger partial charge < -0.3 is 14.9 Å². The summed E-state index contributed by atoms with van der Waals surface area (Å²) in [5.41, 5.74) is 0.415. The molecule has 0 saturated carbocycles. The van der Waals surface area contributed by atoms with Crippen molar-refractivity contribution in [2.75, 3.05) is 0 Å². The molecule has 0 radical (unpaired) electrons. The summed E-state index contributed by atoms with van der Waals surface area (Å²) in [6, 6.07) is 13.0. The molecule has 8 nitrogen and oxygen atoms in total. The van der Waals surface area contributed by atoms with Gasteiger partial charge in [0.1, 0.15) is 11.6 Å². The standard InChI is InChI=1S/C23H23FN6O2S/c1-13(2)30-19(12-25-21(31)15-8-4-6-10-17(15)24)28-29-23(30)33-14(3)20-26-18-11-7-5-9-16(18)22(32)27-20/h4-11,13-14H,12H2,1-3H3,(H,25,31)(H,26,27,32)/t14-/m0/s1. The number of hydrogen-bond donors (Lipinski definition) is 2. The Labute approximate surface area is 193 Å². The van der Waals surface area contributed by atoms with Gasteiger partial charge in [-0.15, -0.1) is 10.2 Å². The highest BCUT2D eigenvalue weighted by Gasteiger charge is 2.21. The number of benzene rings is 2. The number of para-hydroxylation sites is 1. The van der Waals surface area contributed by atoms with Gasteiger partial charge in [-0.2, -0.15) is 0 Å². The van der Waals surface area contributed by atoms with E-state index >= 15 is 0 Å². The predicted molar refractivity (Wildman–Crippen MR) is 125 cm³/mol. The molecule has 2 aromatic carbocycles. The van der Waals surface area contributed by atoms with E-state index in [2.05, 4.69) is 25.5 Å². The molecule has 4 aromatic rings. The largest absolute Gasteiger partial charge is 0.345 e. The van der Waals surface area contributed by atoms with E-state index in [-0.39, 0.29) is 29.0 Å². The first-order valence-corrected chi connectivity index (χ1v) is 11.3. The molecule has 33 heavy (non-hydrogen) atoms. The summed E-state index contributed by atoms with van der Waals surface area (Å²) >= 11 is 1.41. The van der Waals surface area contributed by atoms with Crippen LogP contribution in [0.2, 0.25) is 0 Å². The minimum atomic E-state index is -0.581. The molecule has 2 N–H and O–H groups in total. The van der Waals surface area contributed by atoms with Crippen molar-refractivity contribution in [2.24, 2.45) is 0 Å². The number of carbonyl (C=O) groups is 1. The molecule has 2 heterocycles.